The Hall–Kier alpha value is -0.630. The van der Waals surface area contributed by atoms with E-state index in [9.17, 15) is 8.42 Å². The number of aromatic nitrogens is 1. The van der Waals surface area contributed by atoms with Crippen molar-refractivity contribution in [3.63, 3.8) is 0 Å². The quantitative estimate of drug-likeness (QED) is 0.842. The summed E-state index contributed by atoms with van der Waals surface area (Å²) < 4.78 is 27.5. The van der Waals surface area contributed by atoms with Crippen molar-refractivity contribution in [3.05, 3.63) is 38.9 Å². The summed E-state index contributed by atoms with van der Waals surface area (Å²) in [7, 11) is -3.60. The zero-order valence-electron chi connectivity index (χ0n) is 9.15. The molecule has 0 aliphatic carbocycles. The second kappa shape index (κ2) is 5.16. The van der Waals surface area contributed by atoms with Gasteiger partial charge in [-0.3, -0.25) is 4.72 Å². The van der Waals surface area contributed by atoms with Gasteiger partial charge in [0.1, 0.15) is 5.15 Å². The smallest absolute Gasteiger partial charge is 0.272 e. The third-order valence-corrected chi connectivity index (χ3v) is 6.39. The van der Waals surface area contributed by atoms with E-state index in [4.69, 9.17) is 11.6 Å². The number of aryl methyl sites for hydroxylation is 1. The Morgan fingerprint density at radius 2 is 2.22 bits per heavy atom. The van der Waals surface area contributed by atoms with Gasteiger partial charge in [0.05, 0.1) is 11.9 Å². The largest absolute Gasteiger partial charge is 0.277 e. The molecule has 0 saturated heterocycles. The van der Waals surface area contributed by atoms with Crippen LogP contribution in [-0.2, 0) is 10.0 Å². The van der Waals surface area contributed by atoms with Crippen LogP contribution < -0.4 is 4.72 Å². The van der Waals surface area contributed by atoms with Gasteiger partial charge in [-0.15, -0.1) is 11.3 Å². The molecule has 2 heterocycles. The van der Waals surface area contributed by atoms with Crippen LogP contribution in [0.5, 0.6) is 0 Å². The fourth-order valence-corrected chi connectivity index (χ4v) is 4.96. The van der Waals surface area contributed by atoms with Gasteiger partial charge in [0.15, 0.2) is 4.21 Å². The van der Waals surface area contributed by atoms with Gasteiger partial charge in [-0.1, -0.05) is 11.6 Å². The fourth-order valence-electron chi connectivity index (χ4n) is 1.29. The molecule has 18 heavy (non-hydrogen) atoms. The highest BCUT2D eigenvalue weighted by molar-refractivity contribution is 9.10. The van der Waals surface area contributed by atoms with Crippen LogP contribution in [0.2, 0.25) is 5.15 Å². The van der Waals surface area contributed by atoms with Crippen LogP contribution in [0, 0.1) is 6.92 Å². The van der Waals surface area contributed by atoms with E-state index in [0.29, 0.717) is 20.9 Å². The van der Waals surface area contributed by atoms with Crippen molar-refractivity contribution in [2.75, 3.05) is 4.72 Å². The predicted octanol–water partition coefficient (Wildman–Crippen LogP) is 3.67. The Balaban J connectivity index is 2.37. The molecule has 2 rings (SSSR count). The normalized spacial score (nSPS) is 11.5. The van der Waals surface area contributed by atoms with Crippen molar-refractivity contribution in [3.8, 4) is 0 Å². The van der Waals surface area contributed by atoms with Crippen molar-refractivity contribution in [2.24, 2.45) is 0 Å². The third-order valence-electron chi connectivity index (χ3n) is 2.15. The molecule has 0 aliphatic rings. The number of nitrogens with one attached hydrogen (secondary N) is 1. The number of hydrogen-bond acceptors (Lipinski definition) is 4. The fraction of sp³-hybridized carbons (Fsp3) is 0.100. The summed E-state index contributed by atoms with van der Waals surface area (Å²) in [6, 6.07) is 3.29. The highest BCUT2D eigenvalue weighted by Crippen LogP contribution is 2.30. The maximum Gasteiger partial charge on any atom is 0.272 e. The number of pyridine rings is 1. The Labute approximate surface area is 122 Å². The van der Waals surface area contributed by atoms with Crippen molar-refractivity contribution in [1.29, 1.82) is 0 Å². The van der Waals surface area contributed by atoms with Gasteiger partial charge in [-0.2, -0.15) is 0 Å². The van der Waals surface area contributed by atoms with Crippen molar-refractivity contribution in [2.45, 2.75) is 11.1 Å². The number of nitrogens with zero attached hydrogens (tertiary/aromatic N) is 1. The molecular formula is C10H8BrClN2O2S2. The van der Waals surface area contributed by atoms with E-state index < -0.39 is 10.0 Å². The maximum absolute atomic E-state index is 12.1. The van der Waals surface area contributed by atoms with Crippen LogP contribution >= 0.6 is 38.9 Å². The molecule has 0 amide bonds. The van der Waals surface area contributed by atoms with Crippen LogP contribution in [0.1, 0.15) is 5.56 Å². The summed E-state index contributed by atoms with van der Waals surface area (Å²) in [6.07, 6.45) is 1.40. The zero-order valence-corrected chi connectivity index (χ0v) is 13.1. The van der Waals surface area contributed by atoms with Gasteiger partial charge in [0.2, 0.25) is 0 Å². The average Bonchev–Trinajstić information content (AvgIpc) is 2.69. The van der Waals surface area contributed by atoms with Gasteiger partial charge >= 0.3 is 0 Å². The Morgan fingerprint density at radius 3 is 2.78 bits per heavy atom. The molecule has 0 fully saturated rings. The third kappa shape index (κ3) is 2.85. The van der Waals surface area contributed by atoms with Gasteiger partial charge in [0.25, 0.3) is 10.0 Å². The van der Waals surface area contributed by atoms with Crippen LogP contribution in [0.15, 0.2) is 32.4 Å². The van der Waals surface area contributed by atoms with Gasteiger partial charge < -0.3 is 0 Å². The number of sulfonamides is 1. The summed E-state index contributed by atoms with van der Waals surface area (Å²) in [5.74, 6) is 0. The molecule has 0 spiro atoms. The molecule has 2 aromatic heterocycles. The minimum atomic E-state index is -3.60. The van der Waals surface area contributed by atoms with Gasteiger partial charge in [0, 0.05) is 4.47 Å². The molecule has 0 aromatic carbocycles. The van der Waals surface area contributed by atoms with E-state index in [1.54, 1.807) is 24.4 Å². The lowest BCUT2D eigenvalue weighted by Crippen LogP contribution is -2.13. The standard InChI is InChI=1S/C10H8BrClN2O2S2/c1-6-4-9(12)13-5-8(6)14-18(15,16)10-7(11)2-3-17-10/h2-5,14H,1H3. The van der Waals surface area contributed by atoms with E-state index in [2.05, 4.69) is 25.6 Å². The highest BCUT2D eigenvalue weighted by Gasteiger charge is 2.20. The van der Waals surface area contributed by atoms with Crippen molar-refractivity contribution < 1.29 is 8.42 Å². The summed E-state index contributed by atoms with van der Waals surface area (Å²) in [5.41, 5.74) is 1.13. The molecule has 0 unspecified atom stereocenters. The molecule has 4 nitrogen and oxygen atoms in total. The molecule has 0 saturated carbocycles. The summed E-state index contributed by atoms with van der Waals surface area (Å²) in [6.45, 7) is 1.76. The van der Waals surface area contributed by atoms with Crippen LogP contribution in [-0.4, -0.2) is 13.4 Å². The van der Waals surface area contributed by atoms with E-state index >= 15 is 0 Å². The monoisotopic (exact) mass is 366 g/mol. The number of rotatable bonds is 3. The number of thiophene rings is 1. The zero-order chi connectivity index (χ0) is 13.3. The molecular weight excluding hydrogens is 360 g/mol. The van der Waals surface area contributed by atoms with Gasteiger partial charge in [-0.05, 0) is 45.9 Å². The first-order chi connectivity index (χ1) is 8.40. The van der Waals surface area contributed by atoms with Crippen LogP contribution in [0.3, 0.4) is 0 Å². The molecule has 1 N–H and O–H groups in total. The number of halogens is 2. The first kappa shape index (κ1) is 13.8. The van der Waals surface area contributed by atoms with E-state index in [1.165, 1.54) is 6.20 Å². The van der Waals surface area contributed by atoms with E-state index in [1.807, 2.05) is 0 Å². The molecule has 0 atom stereocenters. The molecule has 8 heteroatoms. The lowest BCUT2D eigenvalue weighted by atomic mass is 10.3. The van der Waals surface area contributed by atoms with Crippen molar-refractivity contribution >= 4 is 54.6 Å². The van der Waals surface area contributed by atoms with E-state index in [-0.39, 0.29) is 4.21 Å². The molecule has 0 bridgehead atoms. The maximum atomic E-state index is 12.1. The first-order valence-corrected chi connectivity index (χ1v) is 8.31. The first-order valence-electron chi connectivity index (χ1n) is 4.78. The van der Waals surface area contributed by atoms with Gasteiger partial charge in [-0.25, -0.2) is 13.4 Å². The Bertz CT molecular complexity index is 685. The minimum Gasteiger partial charge on any atom is -0.277 e. The SMILES string of the molecule is Cc1cc(Cl)ncc1NS(=O)(=O)c1sccc1Br. The topological polar surface area (TPSA) is 59.1 Å². The highest BCUT2D eigenvalue weighted by atomic mass is 79.9. The molecule has 0 radical (unpaired) electrons. The second-order valence-corrected chi connectivity index (χ2v) is 7.52. The molecule has 0 aliphatic heterocycles. The second-order valence-electron chi connectivity index (χ2n) is 3.48. The summed E-state index contributed by atoms with van der Waals surface area (Å²) in [5, 5.41) is 2.03. The number of anilines is 1. The summed E-state index contributed by atoms with van der Waals surface area (Å²) >= 11 is 10.1. The van der Waals surface area contributed by atoms with Crippen LogP contribution in [0.4, 0.5) is 5.69 Å². The predicted molar refractivity (Wildman–Crippen MR) is 76.8 cm³/mol. The van der Waals surface area contributed by atoms with Crippen LogP contribution in [0.25, 0.3) is 0 Å². The average molecular weight is 368 g/mol. The Kier molecular flexibility index (Phi) is 3.96. The minimum absolute atomic E-state index is 0.233. The summed E-state index contributed by atoms with van der Waals surface area (Å²) in [4.78, 5) is 3.86. The molecule has 96 valence electrons. The lowest BCUT2D eigenvalue weighted by molar-refractivity contribution is 0.602. The van der Waals surface area contributed by atoms with E-state index in [0.717, 1.165) is 11.3 Å². The Morgan fingerprint density at radius 1 is 1.50 bits per heavy atom. The lowest BCUT2D eigenvalue weighted by Gasteiger charge is -2.09. The van der Waals surface area contributed by atoms with Crippen molar-refractivity contribution in [1.82, 2.24) is 4.98 Å². The number of hydrogen-bond donors (Lipinski definition) is 1. The molecule has 2 aromatic rings.